The molecule has 3 aromatic heterocycles. The van der Waals surface area contributed by atoms with Gasteiger partial charge < -0.3 is 10.5 Å². The summed E-state index contributed by atoms with van der Waals surface area (Å²) in [5.74, 6) is -0.194. The Balaban J connectivity index is 1.88. The van der Waals surface area contributed by atoms with Crippen LogP contribution in [-0.2, 0) is 13.1 Å². The Morgan fingerprint density at radius 3 is 2.45 bits per heavy atom. The topological polar surface area (TPSA) is 122 Å². The summed E-state index contributed by atoms with van der Waals surface area (Å²) in [6.45, 7) is 1.81. The summed E-state index contributed by atoms with van der Waals surface area (Å²) in [5, 5.41) is 1.86. The number of amides is 1. The van der Waals surface area contributed by atoms with Gasteiger partial charge in [0.2, 0.25) is 0 Å². The van der Waals surface area contributed by atoms with E-state index < -0.39 is 11.6 Å². The number of thiophene rings is 1. The number of rotatable bonds is 7. The van der Waals surface area contributed by atoms with Gasteiger partial charge in [-0.2, -0.15) is 0 Å². The normalized spacial score (nSPS) is 11.0. The number of hydrogen-bond acceptors (Lipinski definition) is 7. The van der Waals surface area contributed by atoms with E-state index in [2.05, 4.69) is 9.97 Å². The number of aromatic nitrogens is 4. The van der Waals surface area contributed by atoms with Gasteiger partial charge in [0, 0.05) is 12.1 Å². The maximum Gasteiger partial charge on any atom is 0.330 e. The van der Waals surface area contributed by atoms with Crippen molar-refractivity contribution in [3.63, 3.8) is 0 Å². The fourth-order valence-electron chi connectivity index (χ4n) is 3.34. The van der Waals surface area contributed by atoms with Crippen molar-refractivity contribution in [3.05, 3.63) is 63.5 Å². The number of imidazole rings is 1. The number of Topliss-reactive ketones (excluding diaryl/α,β-unsaturated/α-hetero) is 1. The molecule has 0 unspecified atom stereocenters. The Bertz CT molecular complexity index is 1340. The third-order valence-corrected chi connectivity index (χ3v) is 5.72. The summed E-state index contributed by atoms with van der Waals surface area (Å²) in [6.07, 6.45) is 0. The smallest absolute Gasteiger partial charge is 0.330 e. The lowest BCUT2D eigenvalue weighted by atomic mass is 10.1. The largest absolute Gasteiger partial charge is 0.497 e. The molecule has 1 aromatic carbocycles. The van der Waals surface area contributed by atoms with Gasteiger partial charge in [0.1, 0.15) is 11.3 Å². The summed E-state index contributed by atoms with van der Waals surface area (Å²) in [5.41, 5.74) is 5.87. The highest BCUT2D eigenvalue weighted by Gasteiger charge is 2.24. The fraction of sp³-hybridized carbons (Fsp3) is 0.190. The zero-order valence-corrected chi connectivity index (χ0v) is 17.7. The number of nitrogens with two attached hydrogens (primary N) is 1. The highest BCUT2D eigenvalue weighted by Crippen LogP contribution is 2.25. The number of aryl methyl sites for hydroxylation is 1. The molecule has 0 atom stereocenters. The molecule has 0 aliphatic carbocycles. The third-order valence-electron chi connectivity index (χ3n) is 4.86. The van der Waals surface area contributed by atoms with Gasteiger partial charge in [-0.3, -0.25) is 18.7 Å². The maximum atomic E-state index is 13.1. The maximum absolute atomic E-state index is 13.1. The summed E-state index contributed by atoms with van der Waals surface area (Å²) in [7, 11) is 1.53. The molecule has 0 aliphatic heterocycles. The van der Waals surface area contributed by atoms with Gasteiger partial charge in [-0.05, 0) is 42.6 Å². The number of ether oxygens (including phenoxy) is 1. The van der Waals surface area contributed by atoms with Crippen LogP contribution >= 0.6 is 11.3 Å². The van der Waals surface area contributed by atoms with Gasteiger partial charge in [-0.25, -0.2) is 14.8 Å². The molecule has 2 N–H and O–H groups in total. The minimum Gasteiger partial charge on any atom is -0.497 e. The summed E-state index contributed by atoms with van der Waals surface area (Å²) < 4.78 is 7.73. The van der Waals surface area contributed by atoms with Crippen molar-refractivity contribution in [1.82, 2.24) is 19.1 Å². The lowest BCUT2D eigenvalue weighted by molar-refractivity contribution is 0.0966. The molecule has 3 heterocycles. The van der Waals surface area contributed by atoms with Crippen molar-refractivity contribution in [3.8, 4) is 16.5 Å². The highest BCUT2D eigenvalue weighted by atomic mass is 32.1. The van der Waals surface area contributed by atoms with E-state index in [9.17, 15) is 14.4 Å². The van der Waals surface area contributed by atoms with E-state index in [1.54, 1.807) is 31.2 Å². The van der Waals surface area contributed by atoms with Crippen LogP contribution in [0.1, 0.15) is 27.8 Å². The minimum absolute atomic E-state index is 0.0970. The van der Waals surface area contributed by atoms with Crippen LogP contribution in [0.2, 0.25) is 0 Å². The first-order valence-electron chi connectivity index (χ1n) is 9.46. The molecule has 31 heavy (non-hydrogen) atoms. The summed E-state index contributed by atoms with van der Waals surface area (Å²) in [4.78, 5) is 47.8. The van der Waals surface area contributed by atoms with Crippen molar-refractivity contribution in [2.75, 3.05) is 7.11 Å². The average molecular weight is 437 g/mol. The van der Waals surface area contributed by atoms with Crippen LogP contribution in [0.25, 0.3) is 21.9 Å². The second kappa shape index (κ2) is 8.15. The number of primary amides is 1. The molecule has 0 saturated carbocycles. The molecule has 0 saturated heterocycles. The third kappa shape index (κ3) is 3.61. The van der Waals surface area contributed by atoms with Crippen molar-refractivity contribution in [2.45, 2.75) is 20.0 Å². The van der Waals surface area contributed by atoms with E-state index in [1.807, 2.05) is 17.5 Å². The van der Waals surface area contributed by atoms with E-state index in [0.29, 0.717) is 23.7 Å². The van der Waals surface area contributed by atoms with E-state index in [1.165, 1.54) is 27.6 Å². The van der Waals surface area contributed by atoms with Gasteiger partial charge in [0.15, 0.2) is 22.9 Å². The lowest BCUT2D eigenvalue weighted by Gasteiger charge is -2.07. The molecule has 0 spiro atoms. The molecule has 158 valence electrons. The van der Waals surface area contributed by atoms with Gasteiger partial charge >= 0.3 is 5.69 Å². The Labute approximate surface area is 180 Å². The Morgan fingerprint density at radius 1 is 1.13 bits per heavy atom. The molecule has 0 fully saturated rings. The SMILES string of the molecule is CCn1c(=O)n(CC(=O)c2ccc(OC)cc2)c2c(C(N)=O)nc(-c3cccs3)nc21. The summed E-state index contributed by atoms with van der Waals surface area (Å²) >= 11 is 1.40. The van der Waals surface area contributed by atoms with Crippen LogP contribution in [0.4, 0.5) is 0 Å². The molecule has 0 radical (unpaired) electrons. The lowest BCUT2D eigenvalue weighted by Crippen LogP contribution is -2.27. The number of carbonyl (C=O) groups is 2. The van der Waals surface area contributed by atoms with E-state index in [4.69, 9.17) is 10.5 Å². The Kier molecular flexibility index (Phi) is 5.38. The summed E-state index contributed by atoms with van der Waals surface area (Å²) in [6, 6.07) is 10.2. The number of ketones is 1. The van der Waals surface area contributed by atoms with Crippen molar-refractivity contribution < 1.29 is 14.3 Å². The number of carbonyl (C=O) groups excluding carboxylic acids is 2. The molecule has 9 nitrogen and oxygen atoms in total. The number of hydrogen-bond donors (Lipinski definition) is 1. The van der Waals surface area contributed by atoms with E-state index >= 15 is 0 Å². The zero-order valence-electron chi connectivity index (χ0n) is 16.9. The molecule has 10 heteroatoms. The molecular weight excluding hydrogens is 418 g/mol. The van der Waals surface area contributed by atoms with Crippen LogP contribution in [0.15, 0.2) is 46.6 Å². The number of benzene rings is 1. The van der Waals surface area contributed by atoms with Crippen molar-refractivity contribution in [1.29, 1.82) is 0 Å². The second-order valence-corrected chi connectivity index (χ2v) is 7.62. The molecule has 0 aliphatic rings. The predicted octanol–water partition coefficient (Wildman–Crippen LogP) is 2.33. The number of nitrogens with zero attached hydrogens (tertiary/aromatic N) is 4. The highest BCUT2D eigenvalue weighted by molar-refractivity contribution is 7.13. The molecular formula is C21H19N5O4S. The fourth-order valence-corrected chi connectivity index (χ4v) is 4.00. The predicted molar refractivity (Wildman–Crippen MR) is 117 cm³/mol. The van der Waals surface area contributed by atoms with Crippen LogP contribution in [-0.4, -0.2) is 37.9 Å². The van der Waals surface area contributed by atoms with Crippen LogP contribution in [0, 0.1) is 0 Å². The Hall–Kier alpha value is -3.79. The van der Waals surface area contributed by atoms with E-state index in [-0.39, 0.29) is 29.2 Å². The molecule has 0 bridgehead atoms. The van der Waals surface area contributed by atoms with Gasteiger partial charge in [0.05, 0.1) is 18.5 Å². The minimum atomic E-state index is -0.802. The van der Waals surface area contributed by atoms with Gasteiger partial charge in [0.25, 0.3) is 5.91 Å². The average Bonchev–Trinajstić information content (AvgIpc) is 3.40. The van der Waals surface area contributed by atoms with Crippen molar-refractivity contribution >= 4 is 34.2 Å². The van der Waals surface area contributed by atoms with Crippen LogP contribution < -0.4 is 16.2 Å². The van der Waals surface area contributed by atoms with E-state index in [0.717, 1.165) is 4.88 Å². The van der Waals surface area contributed by atoms with Gasteiger partial charge in [-0.1, -0.05) is 6.07 Å². The number of methoxy groups -OCH3 is 1. The molecule has 1 amide bonds. The first kappa shape index (κ1) is 20.5. The van der Waals surface area contributed by atoms with Crippen LogP contribution in [0.5, 0.6) is 5.75 Å². The standard InChI is InChI=1S/C21H19N5O4S/c1-3-25-20-17(16(18(22)28)23-19(24-20)15-5-4-10-31-15)26(21(25)29)11-14(27)12-6-8-13(30-2)9-7-12/h4-10H,3,11H2,1-2H3,(H2,22,28). The first-order chi connectivity index (χ1) is 14.9. The first-order valence-corrected chi connectivity index (χ1v) is 10.3. The quantitative estimate of drug-likeness (QED) is 0.443. The van der Waals surface area contributed by atoms with Crippen LogP contribution in [0.3, 0.4) is 0 Å². The molecule has 4 aromatic rings. The molecule has 4 rings (SSSR count). The van der Waals surface area contributed by atoms with Crippen molar-refractivity contribution in [2.24, 2.45) is 5.73 Å². The monoisotopic (exact) mass is 437 g/mol. The second-order valence-electron chi connectivity index (χ2n) is 6.67. The number of fused-ring (bicyclic) bond motifs is 1. The Morgan fingerprint density at radius 2 is 1.87 bits per heavy atom. The zero-order chi connectivity index (χ0) is 22.1. The van der Waals surface area contributed by atoms with Gasteiger partial charge in [-0.15, -0.1) is 11.3 Å².